The third-order valence-electron chi connectivity index (χ3n) is 5.47. The van der Waals surface area contributed by atoms with Gasteiger partial charge >= 0.3 is 0 Å². The van der Waals surface area contributed by atoms with E-state index in [4.69, 9.17) is 0 Å². The lowest BCUT2D eigenvalue weighted by Crippen LogP contribution is -2.54. The number of carbonyl (C=O) groups is 1. The second-order valence-electron chi connectivity index (χ2n) is 7.24. The number of rotatable bonds is 6. The van der Waals surface area contributed by atoms with Crippen LogP contribution < -0.4 is 5.32 Å². The molecule has 1 aliphatic carbocycles. The molecule has 0 fully saturated rings. The first kappa shape index (κ1) is 17.9. The van der Waals surface area contributed by atoms with E-state index in [2.05, 4.69) is 70.8 Å². The molecule has 1 heterocycles. The molecule has 0 bridgehead atoms. The summed E-state index contributed by atoms with van der Waals surface area (Å²) in [5.74, 6) is -0.0975. The van der Waals surface area contributed by atoms with Crippen LogP contribution in [-0.4, -0.2) is 34.9 Å². The number of thiazole rings is 1. The lowest BCUT2D eigenvalue weighted by molar-refractivity contribution is 0.0853. The number of nitrogens with one attached hydrogen (secondary N) is 1. The molecule has 1 N–H and O–H groups in total. The van der Waals surface area contributed by atoms with Gasteiger partial charge in [0.1, 0.15) is 5.69 Å². The van der Waals surface area contributed by atoms with Gasteiger partial charge in [-0.1, -0.05) is 54.6 Å². The molecule has 4 rings (SSSR count). The molecule has 2 aromatic carbocycles. The fourth-order valence-corrected chi connectivity index (χ4v) is 4.42. The van der Waals surface area contributed by atoms with E-state index in [9.17, 15) is 4.79 Å². The average molecular weight is 378 g/mol. The molecule has 0 aliphatic heterocycles. The zero-order chi connectivity index (χ0) is 18.7. The van der Waals surface area contributed by atoms with Crippen LogP contribution in [0.4, 0.5) is 0 Å². The number of amides is 1. The van der Waals surface area contributed by atoms with Gasteiger partial charge in [-0.2, -0.15) is 0 Å². The van der Waals surface area contributed by atoms with Gasteiger partial charge in [-0.05, 0) is 36.6 Å². The van der Waals surface area contributed by atoms with Crippen molar-refractivity contribution >= 4 is 17.2 Å². The maximum absolute atomic E-state index is 12.5. The van der Waals surface area contributed by atoms with Crippen molar-refractivity contribution in [1.29, 1.82) is 0 Å². The van der Waals surface area contributed by atoms with E-state index < -0.39 is 0 Å². The van der Waals surface area contributed by atoms with Gasteiger partial charge in [-0.3, -0.25) is 9.69 Å². The number of hydrogen-bond donors (Lipinski definition) is 1. The van der Waals surface area contributed by atoms with E-state index >= 15 is 0 Å². The first-order valence-electron chi connectivity index (χ1n) is 9.15. The van der Waals surface area contributed by atoms with Gasteiger partial charge in [-0.15, -0.1) is 11.3 Å². The molecule has 0 radical (unpaired) electrons. The number of likely N-dealkylation sites (N-methyl/N-ethyl adjacent to an activating group) is 1. The summed E-state index contributed by atoms with van der Waals surface area (Å²) in [5.41, 5.74) is 6.08. The van der Waals surface area contributed by atoms with Crippen molar-refractivity contribution < 1.29 is 4.79 Å². The Morgan fingerprint density at radius 2 is 1.78 bits per heavy atom. The number of hydrogen-bond acceptors (Lipinski definition) is 4. The van der Waals surface area contributed by atoms with Gasteiger partial charge in [0.2, 0.25) is 0 Å². The fourth-order valence-electron chi connectivity index (χ4n) is 3.89. The number of benzene rings is 2. The number of nitrogens with zero attached hydrogens (tertiary/aromatic N) is 2. The number of aromatic nitrogens is 1. The zero-order valence-corrected chi connectivity index (χ0v) is 16.2. The van der Waals surface area contributed by atoms with Crippen molar-refractivity contribution in [3.05, 3.63) is 87.9 Å². The summed E-state index contributed by atoms with van der Waals surface area (Å²) in [4.78, 5) is 19.0. The minimum Gasteiger partial charge on any atom is -0.349 e. The number of fused-ring (bicyclic) bond motifs is 1. The summed E-state index contributed by atoms with van der Waals surface area (Å²) >= 11 is 1.44. The van der Waals surface area contributed by atoms with Crippen LogP contribution in [0.1, 0.15) is 27.2 Å². The van der Waals surface area contributed by atoms with E-state index in [0.29, 0.717) is 12.2 Å². The van der Waals surface area contributed by atoms with Crippen molar-refractivity contribution in [2.75, 3.05) is 13.6 Å². The highest BCUT2D eigenvalue weighted by atomic mass is 32.1. The first-order chi connectivity index (χ1) is 13.2. The smallest absolute Gasteiger partial charge is 0.270 e. The third-order valence-corrected chi connectivity index (χ3v) is 6.06. The monoisotopic (exact) mass is 377 g/mol. The van der Waals surface area contributed by atoms with Gasteiger partial charge in [0.05, 0.1) is 5.51 Å². The third kappa shape index (κ3) is 3.80. The Labute approximate surface area is 163 Å². The average Bonchev–Trinajstić information content (AvgIpc) is 3.35. The molecule has 0 atom stereocenters. The SMILES string of the molecule is CN(Cc1ccccc1)C1(CNC(=O)c2cscn2)Cc2ccccc2C1. The predicted molar refractivity (Wildman–Crippen MR) is 109 cm³/mol. The van der Waals surface area contributed by atoms with Crippen molar-refractivity contribution in [3.63, 3.8) is 0 Å². The second-order valence-corrected chi connectivity index (χ2v) is 7.96. The molecule has 0 saturated carbocycles. The normalized spacial score (nSPS) is 14.9. The Kier molecular flexibility index (Phi) is 5.05. The lowest BCUT2D eigenvalue weighted by atomic mass is 9.92. The summed E-state index contributed by atoms with van der Waals surface area (Å²) in [7, 11) is 2.16. The Morgan fingerprint density at radius 1 is 1.11 bits per heavy atom. The highest BCUT2D eigenvalue weighted by Gasteiger charge is 2.40. The summed E-state index contributed by atoms with van der Waals surface area (Å²) in [6.45, 7) is 1.45. The summed E-state index contributed by atoms with van der Waals surface area (Å²) in [6.07, 6.45) is 1.87. The molecule has 1 aromatic heterocycles. The molecule has 0 saturated heterocycles. The van der Waals surface area contributed by atoms with Crippen molar-refractivity contribution in [1.82, 2.24) is 15.2 Å². The second kappa shape index (κ2) is 7.62. The van der Waals surface area contributed by atoms with Gasteiger partial charge in [-0.25, -0.2) is 4.98 Å². The van der Waals surface area contributed by atoms with E-state index in [1.165, 1.54) is 28.0 Å². The summed E-state index contributed by atoms with van der Waals surface area (Å²) < 4.78 is 0. The van der Waals surface area contributed by atoms with Crippen LogP contribution in [-0.2, 0) is 19.4 Å². The quantitative estimate of drug-likeness (QED) is 0.715. The Hall–Kier alpha value is -2.50. The van der Waals surface area contributed by atoms with Crippen LogP contribution in [0.15, 0.2) is 65.5 Å². The molecule has 3 aromatic rings. The van der Waals surface area contributed by atoms with Crippen LogP contribution in [0.2, 0.25) is 0 Å². The maximum Gasteiger partial charge on any atom is 0.270 e. The fraction of sp³-hybridized carbons (Fsp3) is 0.273. The van der Waals surface area contributed by atoms with Crippen molar-refractivity contribution in [2.24, 2.45) is 0 Å². The molecule has 4 nitrogen and oxygen atoms in total. The van der Waals surface area contributed by atoms with Crippen LogP contribution in [0.25, 0.3) is 0 Å². The van der Waals surface area contributed by atoms with Crippen molar-refractivity contribution in [3.8, 4) is 0 Å². The number of carbonyl (C=O) groups excluding carboxylic acids is 1. The minimum atomic E-state index is -0.134. The molecular weight excluding hydrogens is 354 g/mol. The molecule has 138 valence electrons. The summed E-state index contributed by atoms with van der Waals surface area (Å²) in [5, 5.41) is 4.92. The Bertz CT molecular complexity index is 883. The Morgan fingerprint density at radius 3 is 2.41 bits per heavy atom. The van der Waals surface area contributed by atoms with E-state index in [1.807, 2.05) is 6.07 Å². The van der Waals surface area contributed by atoms with Crippen LogP contribution in [0.3, 0.4) is 0 Å². The van der Waals surface area contributed by atoms with E-state index in [0.717, 1.165) is 19.4 Å². The highest BCUT2D eigenvalue weighted by Crippen LogP contribution is 2.34. The molecule has 0 spiro atoms. The molecule has 0 unspecified atom stereocenters. The van der Waals surface area contributed by atoms with Gasteiger partial charge in [0.25, 0.3) is 5.91 Å². The van der Waals surface area contributed by atoms with Gasteiger partial charge in [0, 0.05) is 24.0 Å². The molecular formula is C22H23N3OS. The standard InChI is InChI=1S/C22H23N3OS/c1-25(13-17-7-3-2-4-8-17)22(11-18-9-5-6-10-19(18)12-22)15-23-21(26)20-14-27-16-24-20/h2-10,14,16H,11-13,15H2,1H3,(H,23,26). The Balaban J connectivity index is 1.55. The minimum absolute atomic E-state index is 0.0975. The molecule has 5 heteroatoms. The van der Waals surface area contributed by atoms with Crippen LogP contribution in [0, 0.1) is 0 Å². The van der Waals surface area contributed by atoms with Crippen LogP contribution in [0.5, 0.6) is 0 Å². The van der Waals surface area contributed by atoms with Crippen LogP contribution >= 0.6 is 11.3 Å². The molecule has 27 heavy (non-hydrogen) atoms. The van der Waals surface area contributed by atoms with Gasteiger partial charge in [0.15, 0.2) is 0 Å². The predicted octanol–water partition coefficient (Wildman–Crippen LogP) is 3.54. The zero-order valence-electron chi connectivity index (χ0n) is 15.4. The topological polar surface area (TPSA) is 45.2 Å². The maximum atomic E-state index is 12.5. The van der Waals surface area contributed by atoms with E-state index in [-0.39, 0.29) is 11.4 Å². The lowest BCUT2D eigenvalue weighted by Gasteiger charge is -2.39. The molecule has 1 aliphatic rings. The van der Waals surface area contributed by atoms with E-state index in [1.54, 1.807) is 10.9 Å². The molecule has 1 amide bonds. The largest absolute Gasteiger partial charge is 0.349 e. The van der Waals surface area contributed by atoms with Crippen molar-refractivity contribution in [2.45, 2.75) is 24.9 Å². The summed E-state index contributed by atoms with van der Waals surface area (Å²) in [6, 6.07) is 19.1. The van der Waals surface area contributed by atoms with Gasteiger partial charge < -0.3 is 5.32 Å². The first-order valence-corrected chi connectivity index (χ1v) is 10.1. The highest BCUT2D eigenvalue weighted by molar-refractivity contribution is 7.07.